The fraction of sp³-hybridized carbons (Fsp3) is 0.842. The summed E-state index contributed by atoms with van der Waals surface area (Å²) in [4.78, 5) is 20.1. The van der Waals surface area contributed by atoms with Crippen molar-refractivity contribution in [1.82, 2.24) is 0 Å². The predicted octanol–water partition coefficient (Wildman–Crippen LogP) is 10.3. The van der Waals surface area contributed by atoms with Gasteiger partial charge in [0, 0.05) is 11.9 Å². The second-order valence-corrected chi connectivity index (χ2v) is 16.2. The molecule has 0 saturated carbocycles. The van der Waals surface area contributed by atoms with E-state index in [4.69, 9.17) is 0 Å². The molecule has 0 saturated heterocycles. The Morgan fingerprint density at radius 3 is 1.05 bits per heavy atom. The fourth-order valence-corrected chi connectivity index (χ4v) is 8.28. The van der Waals surface area contributed by atoms with Crippen molar-refractivity contribution in [2.24, 2.45) is 0 Å². The molecule has 0 bridgehead atoms. The third-order valence-corrected chi connectivity index (χ3v) is 11.5. The van der Waals surface area contributed by atoms with Gasteiger partial charge in [-0.3, -0.25) is 0 Å². The van der Waals surface area contributed by atoms with E-state index < -0.39 is 11.9 Å². The quantitative estimate of drug-likeness (QED) is 0.0395. The first-order valence-electron chi connectivity index (χ1n) is 18.3. The van der Waals surface area contributed by atoms with Gasteiger partial charge in [-0.15, -0.1) is 13.2 Å². The molecule has 4 nitrogen and oxygen atoms in total. The van der Waals surface area contributed by atoms with Gasteiger partial charge in [0.1, 0.15) is 0 Å². The summed E-state index contributed by atoms with van der Waals surface area (Å²) in [6.07, 6.45) is 37.5. The van der Waals surface area contributed by atoms with Gasteiger partial charge in [-0.2, -0.15) is 0 Å². The molecule has 43 heavy (non-hydrogen) atoms. The standard InChI is InChI=1S/2C11H20O2.2C8H17.Sn/c2*1-2-3-4-5-6-7-8-9-10-11(12)13;2*1-3-5-7-8-6-4-2;/h2*2H,1,3-10H2,(H,12,13);2*1,3-8H2,2H3;/q;;;;+2/p-2. The topological polar surface area (TPSA) is 80.3 Å². The Balaban J connectivity index is -0.000000566. The Labute approximate surface area is 279 Å². The summed E-state index contributed by atoms with van der Waals surface area (Å²) in [5, 5.41) is 20.1. The molecule has 0 atom stereocenters. The summed E-state index contributed by atoms with van der Waals surface area (Å²) in [6.45, 7) is 11.9. The molecule has 5 heteroatoms. The van der Waals surface area contributed by atoms with E-state index in [9.17, 15) is 19.8 Å². The summed E-state index contributed by atoms with van der Waals surface area (Å²) in [6, 6.07) is 0. The van der Waals surface area contributed by atoms with Crippen LogP contribution in [0.2, 0.25) is 8.87 Å². The molecule has 0 aliphatic rings. The third kappa shape index (κ3) is 57.5. The maximum absolute atomic E-state index is 10.1. The molecule has 0 aliphatic heterocycles. The number of carbonyl (C=O) groups is 2. The Morgan fingerprint density at radius 1 is 0.465 bits per heavy atom. The van der Waals surface area contributed by atoms with Gasteiger partial charge < -0.3 is 19.8 Å². The number of hydrogen-bond donors (Lipinski definition) is 0. The van der Waals surface area contributed by atoms with Gasteiger partial charge in [0.05, 0.1) is 0 Å². The summed E-state index contributed by atoms with van der Waals surface area (Å²) < 4.78 is 3.31. The van der Waals surface area contributed by atoms with Crippen molar-refractivity contribution < 1.29 is 19.8 Å². The van der Waals surface area contributed by atoms with E-state index >= 15 is 0 Å². The number of carboxylic acid groups (broad SMARTS) is 2. The normalized spacial score (nSPS) is 10.1. The van der Waals surface area contributed by atoms with Crippen molar-refractivity contribution in [3.05, 3.63) is 25.3 Å². The van der Waals surface area contributed by atoms with Crippen LogP contribution in [0.1, 0.15) is 194 Å². The molecule has 0 amide bonds. The van der Waals surface area contributed by atoms with Gasteiger partial charge in [-0.25, -0.2) is 0 Å². The van der Waals surface area contributed by atoms with Crippen molar-refractivity contribution in [2.75, 3.05) is 0 Å². The number of unbranched alkanes of at least 4 members (excludes halogenated alkanes) is 22. The molecular weight excluding hydrogens is 639 g/mol. The van der Waals surface area contributed by atoms with E-state index in [1.807, 2.05) is 12.2 Å². The van der Waals surface area contributed by atoms with Crippen LogP contribution in [0.5, 0.6) is 0 Å². The predicted molar refractivity (Wildman–Crippen MR) is 186 cm³/mol. The van der Waals surface area contributed by atoms with E-state index in [1.54, 1.807) is 21.7 Å². The Hall–Kier alpha value is -0.781. The number of rotatable bonds is 32. The van der Waals surface area contributed by atoms with Crippen LogP contribution in [0.15, 0.2) is 25.3 Å². The number of carboxylic acids is 2. The average Bonchev–Trinajstić information content (AvgIpc) is 2.98. The van der Waals surface area contributed by atoms with Crippen LogP contribution < -0.4 is 10.2 Å². The van der Waals surface area contributed by atoms with Crippen LogP contribution >= 0.6 is 0 Å². The van der Waals surface area contributed by atoms with Crippen molar-refractivity contribution in [2.45, 2.75) is 203 Å². The van der Waals surface area contributed by atoms with Gasteiger partial charge in [-0.05, 0) is 51.4 Å². The van der Waals surface area contributed by atoms with Gasteiger partial charge in [0.25, 0.3) is 0 Å². The zero-order valence-electron chi connectivity index (χ0n) is 28.9. The number of carbonyl (C=O) groups excluding carboxylic acids is 2. The number of allylic oxidation sites excluding steroid dienone is 2. The Kier molecular flexibility index (Phi) is 49.5. The summed E-state index contributed by atoms with van der Waals surface area (Å²) in [5.74, 6) is -1.85. The van der Waals surface area contributed by atoms with Crippen LogP contribution in [0.3, 0.4) is 0 Å². The van der Waals surface area contributed by atoms with Crippen LogP contribution in [0.4, 0.5) is 0 Å². The fourth-order valence-electron chi connectivity index (χ4n) is 4.72. The van der Waals surface area contributed by atoms with Crippen LogP contribution in [0, 0.1) is 0 Å². The van der Waals surface area contributed by atoms with E-state index in [-0.39, 0.29) is 34.0 Å². The zero-order valence-corrected chi connectivity index (χ0v) is 31.8. The van der Waals surface area contributed by atoms with Gasteiger partial charge in [0.15, 0.2) is 0 Å². The maximum atomic E-state index is 10.1. The molecule has 0 radical (unpaired) electrons. The van der Waals surface area contributed by atoms with Gasteiger partial charge >= 0.3 is 121 Å². The van der Waals surface area contributed by atoms with E-state index in [0.29, 0.717) is 0 Å². The van der Waals surface area contributed by atoms with E-state index in [1.165, 1.54) is 103 Å². The molecule has 0 heterocycles. The van der Waals surface area contributed by atoms with Crippen LogP contribution in [-0.2, 0) is 9.59 Å². The minimum absolute atomic E-state index is 0.0736. The first kappa shape index (κ1) is 46.6. The first-order valence-corrected chi connectivity index (χ1v) is 22.3. The molecule has 0 aromatic heterocycles. The van der Waals surface area contributed by atoms with E-state index in [0.717, 1.165) is 51.4 Å². The van der Waals surface area contributed by atoms with Crippen molar-refractivity contribution in [3.8, 4) is 0 Å². The Morgan fingerprint density at radius 2 is 0.744 bits per heavy atom. The molecule has 0 fully saturated rings. The molecule has 0 N–H and O–H groups in total. The molecule has 0 spiro atoms. The van der Waals surface area contributed by atoms with Gasteiger partial charge in [0.2, 0.25) is 0 Å². The number of hydrogen-bond acceptors (Lipinski definition) is 4. The SMILES string of the molecule is C=CCCCCCCCCC(=O)[O-].C=CCCCCCCCCC(=O)[O-].CCCCCCC[CH2][Sn+2][CH2]CCCCCCC. The molecule has 0 unspecified atom stereocenters. The molecule has 0 aliphatic carbocycles. The summed E-state index contributed by atoms with van der Waals surface area (Å²) in [5.41, 5.74) is 0. The minimum atomic E-state index is -0.924. The summed E-state index contributed by atoms with van der Waals surface area (Å²) >= 11 is 0.0736. The molecule has 0 aromatic carbocycles. The van der Waals surface area contributed by atoms with Crippen LogP contribution in [0.25, 0.3) is 0 Å². The molecule has 0 rings (SSSR count). The molecular formula is C38H72O4Sn. The van der Waals surface area contributed by atoms with Crippen LogP contribution in [-0.4, -0.2) is 33.1 Å². The first-order chi connectivity index (χ1) is 21.0. The third-order valence-electron chi connectivity index (χ3n) is 7.49. The Bertz CT molecular complexity index is 516. The molecule has 0 aromatic rings. The van der Waals surface area contributed by atoms with Crippen molar-refractivity contribution in [3.63, 3.8) is 0 Å². The second-order valence-electron chi connectivity index (χ2n) is 11.9. The summed E-state index contributed by atoms with van der Waals surface area (Å²) in [7, 11) is 0. The van der Waals surface area contributed by atoms with Crippen molar-refractivity contribution in [1.29, 1.82) is 0 Å². The van der Waals surface area contributed by atoms with Gasteiger partial charge in [-0.1, -0.05) is 63.5 Å². The van der Waals surface area contributed by atoms with E-state index in [2.05, 4.69) is 27.0 Å². The van der Waals surface area contributed by atoms with Crippen molar-refractivity contribution >= 4 is 33.1 Å². The number of aliphatic carboxylic acids is 2. The second kappa shape index (κ2) is 45.6. The molecule has 252 valence electrons. The average molecular weight is 712 g/mol. The monoisotopic (exact) mass is 712 g/mol. The zero-order chi connectivity index (χ0) is 32.5.